The minimum Gasteiger partial charge on any atom is -0.486 e. The number of nitrogens with zero attached hydrogens (tertiary/aromatic N) is 1. The lowest BCUT2D eigenvalue weighted by molar-refractivity contribution is -0.140. The number of nitrogens with one attached hydrogen (secondary N) is 1. The summed E-state index contributed by atoms with van der Waals surface area (Å²) >= 11 is 2.84. The Hall–Kier alpha value is -3.91. The summed E-state index contributed by atoms with van der Waals surface area (Å²) in [6, 6.07) is 19.5. The Morgan fingerprint density at radius 1 is 1.05 bits per heavy atom. The van der Waals surface area contributed by atoms with Crippen molar-refractivity contribution < 1.29 is 31.9 Å². The van der Waals surface area contributed by atoms with Crippen molar-refractivity contribution in [2.75, 3.05) is 5.32 Å². The minimum absolute atomic E-state index is 0.0410. The van der Waals surface area contributed by atoms with Crippen molar-refractivity contribution in [1.29, 1.82) is 0 Å². The first-order valence-corrected chi connectivity index (χ1v) is 13.2. The van der Waals surface area contributed by atoms with Gasteiger partial charge in [0.2, 0.25) is 0 Å². The molecule has 0 fully saturated rings. The number of alkyl halides is 3. The highest BCUT2D eigenvalue weighted by Crippen LogP contribution is 2.43. The summed E-state index contributed by atoms with van der Waals surface area (Å²) in [5.74, 6) is -0.756. The van der Waals surface area contributed by atoms with E-state index in [1.54, 1.807) is 48.5 Å². The lowest BCUT2D eigenvalue weighted by atomic mass is 10.0. The second-order valence-electron chi connectivity index (χ2n) is 8.23. The smallest absolute Gasteiger partial charge is 0.433 e. The number of fused-ring (bicyclic) bond motifs is 1. The first-order valence-electron chi connectivity index (χ1n) is 11.3. The van der Waals surface area contributed by atoms with E-state index >= 15 is 0 Å². The summed E-state index contributed by atoms with van der Waals surface area (Å²) < 4.78 is 53.3. The Labute approximate surface area is 236 Å². The third-order valence-electron chi connectivity index (χ3n) is 5.58. The number of hydrogen-bond acceptors (Lipinski definition) is 6. The maximum absolute atomic E-state index is 13.7. The van der Waals surface area contributed by atoms with Gasteiger partial charge in [0.05, 0.1) is 5.69 Å². The number of carbonyl (C=O) groups is 2. The lowest BCUT2D eigenvalue weighted by Gasteiger charge is -2.12. The molecule has 3 heterocycles. The Morgan fingerprint density at radius 2 is 1.77 bits per heavy atom. The van der Waals surface area contributed by atoms with Crippen molar-refractivity contribution in [2.45, 2.75) is 12.8 Å². The fraction of sp³-hybridized carbons (Fsp3) is 0.0741. The monoisotopic (exact) mass is 663 g/mol. The van der Waals surface area contributed by atoms with E-state index in [1.165, 1.54) is 6.07 Å². The zero-order valence-electron chi connectivity index (χ0n) is 19.7. The molecule has 3 N–H and O–H groups in total. The molecule has 0 bridgehead atoms. The molecule has 0 unspecified atom stereocenters. The van der Waals surface area contributed by atoms with Gasteiger partial charge in [0.25, 0.3) is 11.8 Å². The number of aromatic nitrogens is 1. The molecule has 0 saturated heterocycles. The van der Waals surface area contributed by atoms with Crippen LogP contribution in [0.25, 0.3) is 21.3 Å². The van der Waals surface area contributed by atoms with Crippen molar-refractivity contribution >= 4 is 61.6 Å². The molecule has 3 aromatic heterocycles. The molecule has 0 aliphatic rings. The standard InChI is InChI=1S/C27H17F3IN3O4S/c28-27(29,30)20-12-18(14-4-2-1-3-5-14)21-22(23(24(32)35)39-26(21)33-20)34-25(36)19-11-10-17(38-19)13-37-16-8-6-15(31)7-9-16/h1-12H,13H2,(H2,32,35)(H,34,36). The van der Waals surface area contributed by atoms with Crippen molar-refractivity contribution in [2.24, 2.45) is 5.73 Å². The molecule has 2 aromatic carbocycles. The van der Waals surface area contributed by atoms with Crippen molar-refractivity contribution in [3.05, 3.63) is 98.5 Å². The predicted octanol–water partition coefficient (Wildman–Crippen LogP) is 7.11. The molecular formula is C27H17F3IN3O4S. The molecule has 7 nitrogen and oxygen atoms in total. The summed E-state index contributed by atoms with van der Waals surface area (Å²) in [7, 11) is 0. The van der Waals surface area contributed by atoms with Gasteiger partial charge in [-0.2, -0.15) is 13.2 Å². The fourth-order valence-electron chi connectivity index (χ4n) is 3.82. The Kier molecular flexibility index (Phi) is 7.32. The number of halogens is 4. The normalized spacial score (nSPS) is 11.5. The number of benzene rings is 2. The molecule has 0 atom stereocenters. The molecule has 0 aliphatic heterocycles. The van der Waals surface area contributed by atoms with Gasteiger partial charge in [0.15, 0.2) is 5.76 Å². The molecule has 5 rings (SSSR count). The van der Waals surface area contributed by atoms with E-state index in [2.05, 4.69) is 32.9 Å². The first kappa shape index (κ1) is 26.7. The Balaban J connectivity index is 1.50. The zero-order chi connectivity index (χ0) is 27.7. The van der Waals surface area contributed by atoms with Gasteiger partial charge in [-0.15, -0.1) is 11.3 Å². The van der Waals surface area contributed by atoms with Crippen LogP contribution in [0.2, 0.25) is 0 Å². The number of primary amides is 1. The van der Waals surface area contributed by atoms with E-state index in [-0.39, 0.29) is 38.7 Å². The summed E-state index contributed by atoms with van der Waals surface area (Å²) in [6.07, 6.45) is -4.73. The maximum atomic E-state index is 13.7. The van der Waals surface area contributed by atoms with Crippen LogP contribution in [-0.4, -0.2) is 16.8 Å². The van der Waals surface area contributed by atoms with Crippen molar-refractivity contribution in [3.8, 4) is 16.9 Å². The fourth-order valence-corrected chi connectivity index (χ4v) is 5.19. The largest absolute Gasteiger partial charge is 0.486 e. The van der Waals surface area contributed by atoms with E-state index < -0.39 is 23.7 Å². The highest BCUT2D eigenvalue weighted by Gasteiger charge is 2.35. The second-order valence-corrected chi connectivity index (χ2v) is 10.5. The Bertz CT molecular complexity index is 1680. The summed E-state index contributed by atoms with van der Waals surface area (Å²) in [5, 5.41) is 2.77. The lowest BCUT2D eigenvalue weighted by Crippen LogP contribution is -2.16. The molecule has 5 aromatic rings. The van der Waals surface area contributed by atoms with Crippen LogP contribution >= 0.6 is 33.9 Å². The van der Waals surface area contributed by atoms with Crippen LogP contribution in [0.1, 0.15) is 31.7 Å². The first-order chi connectivity index (χ1) is 18.6. The van der Waals surface area contributed by atoms with Crippen LogP contribution in [0.5, 0.6) is 5.75 Å². The molecule has 0 saturated carbocycles. The molecule has 2 amide bonds. The van der Waals surface area contributed by atoms with Gasteiger partial charge >= 0.3 is 6.18 Å². The van der Waals surface area contributed by atoms with E-state index in [0.717, 1.165) is 9.64 Å². The van der Waals surface area contributed by atoms with Crippen LogP contribution in [0.3, 0.4) is 0 Å². The minimum atomic E-state index is -4.73. The number of pyridine rings is 1. The van der Waals surface area contributed by atoms with Crippen LogP contribution in [0.15, 0.2) is 77.2 Å². The van der Waals surface area contributed by atoms with Crippen LogP contribution in [-0.2, 0) is 12.8 Å². The predicted molar refractivity (Wildman–Crippen MR) is 149 cm³/mol. The van der Waals surface area contributed by atoms with Gasteiger partial charge in [-0.25, -0.2) is 4.98 Å². The SMILES string of the molecule is NC(=O)c1sc2nc(C(F)(F)F)cc(-c3ccccc3)c2c1NC(=O)c1ccc(COc2ccc(I)cc2)o1. The molecular weight excluding hydrogens is 646 g/mol. The number of furan rings is 1. The summed E-state index contributed by atoms with van der Waals surface area (Å²) in [5.41, 5.74) is 4.95. The van der Waals surface area contributed by atoms with E-state index in [9.17, 15) is 22.8 Å². The van der Waals surface area contributed by atoms with E-state index in [1.807, 2.05) is 12.1 Å². The average molecular weight is 663 g/mol. The molecule has 0 aliphatic carbocycles. The quantitative estimate of drug-likeness (QED) is 0.181. The Morgan fingerprint density at radius 3 is 2.44 bits per heavy atom. The highest BCUT2D eigenvalue weighted by atomic mass is 127. The zero-order valence-corrected chi connectivity index (χ0v) is 22.7. The van der Waals surface area contributed by atoms with Crippen LogP contribution in [0.4, 0.5) is 18.9 Å². The van der Waals surface area contributed by atoms with Crippen LogP contribution < -0.4 is 15.8 Å². The topological polar surface area (TPSA) is 107 Å². The molecule has 0 radical (unpaired) electrons. The van der Waals surface area contributed by atoms with Crippen LogP contribution in [0, 0.1) is 3.57 Å². The summed E-state index contributed by atoms with van der Waals surface area (Å²) in [4.78, 5) is 28.9. The van der Waals surface area contributed by atoms with Crippen molar-refractivity contribution in [3.63, 3.8) is 0 Å². The third-order valence-corrected chi connectivity index (χ3v) is 7.40. The number of amides is 2. The van der Waals surface area contributed by atoms with E-state index in [4.69, 9.17) is 14.9 Å². The number of ether oxygens (including phenoxy) is 1. The van der Waals surface area contributed by atoms with Gasteiger partial charge in [0, 0.05) is 8.96 Å². The van der Waals surface area contributed by atoms with Crippen molar-refractivity contribution in [1.82, 2.24) is 4.98 Å². The number of anilines is 1. The second kappa shape index (κ2) is 10.7. The average Bonchev–Trinajstić information content (AvgIpc) is 3.53. The summed E-state index contributed by atoms with van der Waals surface area (Å²) in [6.45, 7) is 0.0596. The molecule has 198 valence electrons. The third kappa shape index (κ3) is 5.76. The highest BCUT2D eigenvalue weighted by molar-refractivity contribution is 14.1. The van der Waals surface area contributed by atoms with Gasteiger partial charge < -0.3 is 20.2 Å². The maximum Gasteiger partial charge on any atom is 0.433 e. The molecule has 39 heavy (non-hydrogen) atoms. The number of nitrogens with two attached hydrogens (primary N) is 1. The van der Waals surface area contributed by atoms with Gasteiger partial charge in [0.1, 0.15) is 33.5 Å². The molecule has 12 heteroatoms. The number of thiophene rings is 1. The number of carbonyl (C=O) groups excluding carboxylic acids is 2. The van der Waals surface area contributed by atoms with Gasteiger partial charge in [-0.3, -0.25) is 9.59 Å². The van der Waals surface area contributed by atoms with Gasteiger partial charge in [-0.05, 0) is 76.2 Å². The number of hydrogen-bond donors (Lipinski definition) is 2. The number of rotatable bonds is 7. The molecule has 0 spiro atoms. The van der Waals surface area contributed by atoms with E-state index in [0.29, 0.717) is 28.4 Å². The van der Waals surface area contributed by atoms with Gasteiger partial charge in [-0.1, -0.05) is 30.3 Å².